The average molecular weight is 294 g/mol. The Morgan fingerprint density at radius 2 is 2.12 bits per heavy atom. The molecule has 0 atom stereocenters. The van der Waals surface area contributed by atoms with Gasteiger partial charge in [-0.1, -0.05) is 0 Å². The lowest BCUT2D eigenvalue weighted by atomic mass is 10.3. The standard InChI is InChI=1S/C8H10N2O4S3/c1-5-2-6-3-7(17(13,14)10-4-9)15-8(6)16(5,11)12/h2-3,10H,4,9H2,1H3. The van der Waals surface area contributed by atoms with Gasteiger partial charge in [0.1, 0.15) is 8.42 Å². The van der Waals surface area contributed by atoms with Crippen molar-refractivity contribution in [2.45, 2.75) is 15.3 Å². The molecule has 1 aromatic rings. The largest absolute Gasteiger partial charge is 0.318 e. The molecule has 94 valence electrons. The Labute approximate surface area is 103 Å². The van der Waals surface area contributed by atoms with E-state index in [4.69, 9.17) is 5.73 Å². The lowest BCUT2D eigenvalue weighted by molar-refractivity contribution is 0.585. The van der Waals surface area contributed by atoms with Gasteiger partial charge in [-0.3, -0.25) is 0 Å². The van der Waals surface area contributed by atoms with Gasteiger partial charge < -0.3 is 5.73 Å². The van der Waals surface area contributed by atoms with Gasteiger partial charge in [-0.25, -0.2) is 16.8 Å². The van der Waals surface area contributed by atoms with E-state index in [2.05, 4.69) is 4.72 Å². The second-order valence-corrected chi connectivity index (χ2v) is 8.78. The van der Waals surface area contributed by atoms with Crippen molar-refractivity contribution in [3.63, 3.8) is 0 Å². The van der Waals surface area contributed by atoms with Crippen LogP contribution in [0.5, 0.6) is 0 Å². The summed E-state index contributed by atoms with van der Waals surface area (Å²) in [7, 11) is -7.19. The SMILES string of the molecule is CC1=Cc2cc(S(=O)(=O)NCN)sc2S1(=O)=O. The highest BCUT2D eigenvalue weighted by atomic mass is 32.3. The minimum absolute atomic E-state index is 0.0414. The highest BCUT2D eigenvalue weighted by Gasteiger charge is 2.31. The molecule has 9 heteroatoms. The predicted octanol–water partition coefficient (Wildman–Crippen LogP) is 0.0907. The molecule has 0 saturated heterocycles. The Kier molecular flexibility index (Phi) is 2.91. The molecule has 2 rings (SSSR count). The van der Waals surface area contributed by atoms with Crippen LogP contribution in [0.3, 0.4) is 0 Å². The first kappa shape index (κ1) is 12.7. The zero-order valence-electron chi connectivity index (χ0n) is 8.80. The fraction of sp³-hybridized carbons (Fsp3) is 0.250. The number of nitrogens with one attached hydrogen (secondary N) is 1. The van der Waals surface area contributed by atoms with Gasteiger partial charge in [-0.2, -0.15) is 4.72 Å². The van der Waals surface area contributed by atoms with E-state index in [9.17, 15) is 16.8 Å². The lowest BCUT2D eigenvalue weighted by Gasteiger charge is -2.00. The molecule has 0 aliphatic carbocycles. The molecule has 1 aliphatic heterocycles. The molecule has 0 spiro atoms. The van der Waals surface area contributed by atoms with Gasteiger partial charge in [0.2, 0.25) is 9.84 Å². The summed E-state index contributed by atoms with van der Waals surface area (Å²) in [6.45, 7) is 1.25. The Balaban J connectivity index is 2.58. The molecular weight excluding hydrogens is 284 g/mol. The fourth-order valence-corrected chi connectivity index (χ4v) is 5.81. The molecule has 0 radical (unpaired) electrons. The Morgan fingerprint density at radius 3 is 2.65 bits per heavy atom. The van der Waals surface area contributed by atoms with Crippen LogP contribution in [0.4, 0.5) is 0 Å². The first-order valence-electron chi connectivity index (χ1n) is 4.56. The molecule has 1 aliphatic rings. The molecule has 0 aromatic carbocycles. The van der Waals surface area contributed by atoms with Gasteiger partial charge in [0.05, 0.1) is 6.67 Å². The zero-order chi connectivity index (χ0) is 12.8. The van der Waals surface area contributed by atoms with E-state index in [-0.39, 0.29) is 20.0 Å². The maximum absolute atomic E-state index is 11.8. The van der Waals surface area contributed by atoms with E-state index < -0.39 is 19.9 Å². The van der Waals surface area contributed by atoms with E-state index in [1.54, 1.807) is 0 Å². The van der Waals surface area contributed by atoms with Crippen molar-refractivity contribution in [2.75, 3.05) is 6.67 Å². The van der Waals surface area contributed by atoms with E-state index >= 15 is 0 Å². The summed E-state index contributed by atoms with van der Waals surface area (Å²) in [5, 5.41) is 0. The monoisotopic (exact) mass is 294 g/mol. The van der Waals surface area contributed by atoms with Crippen molar-refractivity contribution >= 4 is 37.3 Å². The quantitative estimate of drug-likeness (QED) is 0.768. The summed E-state index contributed by atoms with van der Waals surface area (Å²) in [4.78, 5) is 0.231. The predicted molar refractivity (Wildman–Crippen MR) is 64.5 cm³/mol. The number of hydrogen-bond donors (Lipinski definition) is 2. The number of fused-ring (bicyclic) bond motifs is 1. The van der Waals surface area contributed by atoms with Crippen molar-refractivity contribution in [1.82, 2.24) is 4.72 Å². The summed E-state index contributed by atoms with van der Waals surface area (Å²) < 4.78 is 49.0. The van der Waals surface area contributed by atoms with Crippen LogP contribution < -0.4 is 10.5 Å². The Bertz CT molecular complexity index is 697. The lowest BCUT2D eigenvalue weighted by Crippen LogP contribution is -2.28. The van der Waals surface area contributed by atoms with E-state index in [1.807, 2.05) is 0 Å². The summed E-state index contributed by atoms with van der Waals surface area (Å²) in [5.74, 6) is 0. The Morgan fingerprint density at radius 1 is 1.47 bits per heavy atom. The van der Waals surface area contributed by atoms with Gasteiger partial charge in [-0.15, -0.1) is 11.3 Å². The fourth-order valence-electron chi connectivity index (χ4n) is 1.43. The number of rotatable bonds is 3. The third kappa shape index (κ3) is 1.93. The van der Waals surface area contributed by atoms with Crippen molar-refractivity contribution in [1.29, 1.82) is 0 Å². The summed E-state index contributed by atoms with van der Waals surface area (Å²) in [5.41, 5.74) is 5.52. The van der Waals surface area contributed by atoms with Gasteiger partial charge >= 0.3 is 0 Å². The van der Waals surface area contributed by atoms with Gasteiger partial charge in [0.25, 0.3) is 10.0 Å². The van der Waals surface area contributed by atoms with Crippen LogP contribution in [-0.4, -0.2) is 23.5 Å². The highest BCUT2D eigenvalue weighted by Crippen LogP contribution is 2.40. The second kappa shape index (κ2) is 3.89. The topological polar surface area (TPSA) is 106 Å². The smallest absolute Gasteiger partial charge is 0.251 e. The minimum atomic E-state index is -3.71. The molecule has 17 heavy (non-hydrogen) atoms. The average Bonchev–Trinajstić information content (AvgIpc) is 2.69. The van der Waals surface area contributed by atoms with Crippen molar-refractivity contribution in [2.24, 2.45) is 5.73 Å². The third-order valence-electron chi connectivity index (χ3n) is 2.27. The summed E-state index contributed by atoms with van der Waals surface area (Å²) in [6.07, 6.45) is 1.46. The summed E-state index contributed by atoms with van der Waals surface area (Å²) >= 11 is 0.734. The highest BCUT2D eigenvalue weighted by molar-refractivity contribution is 7.98. The second-order valence-electron chi connectivity index (χ2n) is 3.42. The number of nitrogens with two attached hydrogens (primary N) is 1. The number of sulfonamides is 1. The zero-order valence-corrected chi connectivity index (χ0v) is 11.2. The Hall–Kier alpha value is -0.740. The van der Waals surface area contributed by atoms with Crippen LogP contribution in [0.2, 0.25) is 0 Å². The van der Waals surface area contributed by atoms with Crippen molar-refractivity contribution < 1.29 is 16.8 Å². The van der Waals surface area contributed by atoms with E-state index in [0.717, 1.165) is 11.3 Å². The number of sulfone groups is 1. The molecule has 6 nitrogen and oxygen atoms in total. The number of thiophene rings is 1. The van der Waals surface area contributed by atoms with Gasteiger partial charge in [-0.05, 0) is 19.1 Å². The van der Waals surface area contributed by atoms with Gasteiger partial charge in [0, 0.05) is 10.5 Å². The molecule has 0 fully saturated rings. The third-order valence-corrected chi connectivity index (χ3v) is 7.71. The van der Waals surface area contributed by atoms with Crippen molar-refractivity contribution in [3.05, 3.63) is 16.5 Å². The maximum Gasteiger partial charge on any atom is 0.251 e. The normalized spacial score (nSPS) is 17.9. The van der Waals surface area contributed by atoms with Crippen LogP contribution in [0.15, 0.2) is 19.4 Å². The van der Waals surface area contributed by atoms with E-state index in [0.29, 0.717) is 5.56 Å². The molecule has 0 amide bonds. The van der Waals surface area contributed by atoms with Crippen LogP contribution in [0.1, 0.15) is 12.5 Å². The molecule has 0 unspecified atom stereocenters. The van der Waals surface area contributed by atoms with Crippen LogP contribution in [0.25, 0.3) is 6.08 Å². The first-order chi connectivity index (χ1) is 7.79. The van der Waals surface area contributed by atoms with Crippen molar-refractivity contribution in [3.8, 4) is 0 Å². The molecule has 0 saturated carbocycles. The molecule has 3 N–H and O–H groups in total. The van der Waals surface area contributed by atoms with Crippen LogP contribution in [0, 0.1) is 0 Å². The molecule has 2 heterocycles. The minimum Gasteiger partial charge on any atom is -0.318 e. The first-order valence-corrected chi connectivity index (χ1v) is 8.34. The van der Waals surface area contributed by atoms with Crippen LogP contribution in [-0.2, 0) is 19.9 Å². The summed E-state index contributed by atoms with van der Waals surface area (Å²) in [6, 6.07) is 1.34. The molecule has 1 aromatic heterocycles. The molecule has 0 bridgehead atoms. The van der Waals surface area contributed by atoms with Gasteiger partial charge in [0.15, 0.2) is 0 Å². The molecular formula is C8H10N2O4S3. The van der Waals surface area contributed by atoms with Crippen LogP contribution >= 0.6 is 11.3 Å². The maximum atomic E-state index is 11.8. The van der Waals surface area contributed by atoms with E-state index in [1.165, 1.54) is 19.1 Å². The number of allylic oxidation sites excluding steroid dienone is 1. The number of hydrogen-bond acceptors (Lipinski definition) is 6.